The van der Waals surface area contributed by atoms with Gasteiger partial charge in [-0.25, -0.2) is 0 Å². The Morgan fingerprint density at radius 2 is 1.69 bits per heavy atom. The summed E-state index contributed by atoms with van der Waals surface area (Å²) >= 11 is 0. The molecule has 0 spiro atoms. The van der Waals surface area contributed by atoms with E-state index in [-0.39, 0.29) is 0 Å². The van der Waals surface area contributed by atoms with Gasteiger partial charge in [0.2, 0.25) is 0 Å². The minimum absolute atomic E-state index is 0.701. The summed E-state index contributed by atoms with van der Waals surface area (Å²) in [6, 6.07) is 0. The third kappa shape index (κ3) is 3.79. The lowest BCUT2D eigenvalue weighted by atomic mass is 9.65. The molecule has 1 rings (SSSR count). The van der Waals surface area contributed by atoms with Crippen molar-refractivity contribution in [2.45, 2.75) is 79.1 Å². The molecule has 0 nitrogen and oxygen atoms in total. The smallest absolute Gasteiger partial charge is 0.0295 e. The summed E-state index contributed by atoms with van der Waals surface area (Å²) in [4.78, 5) is 0. The molecule has 16 heavy (non-hydrogen) atoms. The molecule has 0 N–H and O–H groups in total. The molecular formula is C16H31. The fourth-order valence-electron chi connectivity index (χ4n) is 3.46. The molecule has 2 atom stereocenters. The van der Waals surface area contributed by atoms with Crippen LogP contribution in [0.2, 0.25) is 0 Å². The predicted octanol–water partition coefficient (Wildman–Crippen LogP) is 5.62. The largest absolute Gasteiger partial charge is 0.0654 e. The fraction of sp³-hybridized carbons (Fsp3) is 0.938. The van der Waals surface area contributed by atoms with Crippen LogP contribution in [-0.4, -0.2) is 0 Å². The van der Waals surface area contributed by atoms with Crippen molar-refractivity contribution in [3.8, 4) is 0 Å². The van der Waals surface area contributed by atoms with E-state index in [1.165, 1.54) is 51.4 Å². The maximum Gasteiger partial charge on any atom is -0.0295 e. The topological polar surface area (TPSA) is 0 Å². The minimum Gasteiger partial charge on any atom is -0.0654 e. The van der Waals surface area contributed by atoms with Crippen molar-refractivity contribution in [1.82, 2.24) is 0 Å². The molecule has 0 saturated heterocycles. The molecule has 1 aliphatic rings. The Hall–Kier alpha value is 0. The van der Waals surface area contributed by atoms with Crippen molar-refractivity contribution in [2.24, 2.45) is 17.3 Å². The standard InChI is InChI=1S/C16H31/c1-5-10-16(11-8-7-9-12-16)13-15(4)14(3)6-2/h7,14-15H,5-6,8-13H2,1-4H3. The van der Waals surface area contributed by atoms with E-state index in [4.69, 9.17) is 0 Å². The zero-order chi connectivity index (χ0) is 12.0. The van der Waals surface area contributed by atoms with Crippen LogP contribution in [0.3, 0.4) is 0 Å². The first-order valence-electron chi connectivity index (χ1n) is 7.45. The molecular weight excluding hydrogens is 192 g/mol. The van der Waals surface area contributed by atoms with Gasteiger partial charge in [-0.15, -0.1) is 0 Å². The summed E-state index contributed by atoms with van der Waals surface area (Å²) < 4.78 is 0. The van der Waals surface area contributed by atoms with Crippen LogP contribution >= 0.6 is 0 Å². The third-order valence-electron chi connectivity index (χ3n) is 4.91. The first-order valence-corrected chi connectivity index (χ1v) is 7.45. The van der Waals surface area contributed by atoms with Gasteiger partial charge in [0.25, 0.3) is 0 Å². The van der Waals surface area contributed by atoms with Gasteiger partial charge >= 0.3 is 0 Å². The first-order chi connectivity index (χ1) is 7.63. The normalized spacial score (nSPS) is 24.0. The molecule has 2 unspecified atom stereocenters. The molecule has 1 fully saturated rings. The lowest BCUT2D eigenvalue weighted by molar-refractivity contribution is 0.127. The SMILES string of the molecule is CCCC1(CC(C)C(C)CC)CC[CH]CC1. The van der Waals surface area contributed by atoms with Gasteiger partial charge in [0, 0.05) is 0 Å². The van der Waals surface area contributed by atoms with Gasteiger partial charge in [-0.3, -0.25) is 0 Å². The number of rotatable bonds is 6. The highest BCUT2D eigenvalue weighted by molar-refractivity contribution is 4.89. The molecule has 0 heterocycles. The van der Waals surface area contributed by atoms with Gasteiger partial charge in [-0.05, 0) is 62.2 Å². The highest BCUT2D eigenvalue weighted by Crippen LogP contribution is 2.46. The Balaban J connectivity index is 2.55. The average Bonchev–Trinajstić information content (AvgIpc) is 2.29. The van der Waals surface area contributed by atoms with E-state index in [0.717, 1.165) is 11.8 Å². The highest BCUT2D eigenvalue weighted by Gasteiger charge is 2.33. The Kier molecular flexibility index (Phi) is 5.86. The quantitative estimate of drug-likeness (QED) is 0.548. The highest BCUT2D eigenvalue weighted by atomic mass is 14.4. The monoisotopic (exact) mass is 223 g/mol. The molecule has 0 aromatic carbocycles. The molecule has 0 amide bonds. The fourth-order valence-corrected chi connectivity index (χ4v) is 3.46. The lowest BCUT2D eigenvalue weighted by Gasteiger charge is -2.40. The Bertz CT molecular complexity index is 171. The van der Waals surface area contributed by atoms with Crippen molar-refractivity contribution < 1.29 is 0 Å². The van der Waals surface area contributed by atoms with Crippen molar-refractivity contribution in [3.05, 3.63) is 6.42 Å². The molecule has 1 saturated carbocycles. The van der Waals surface area contributed by atoms with Gasteiger partial charge < -0.3 is 0 Å². The van der Waals surface area contributed by atoms with E-state index in [2.05, 4.69) is 34.1 Å². The van der Waals surface area contributed by atoms with E-state index >= 15 is 0 Å². The summed E-state index contributed by atoms with van der Waals surface area (Å²) in [6.45, 7) is 9.60. The molecule has 1 aliphatic carbocycles. The van der Waals surface area contributed by atoms with Crippen LogP contribution in [0.1, 0.15) is 79.1 Å². The van der Waals surface area contributed by atoms with Crippen LogP contribution < -0.4 is 0 Å². The predicted molar refractivity (Wildman–Crippen MR) is 73.3 cm³/mol. The molecule has 0 bridgehead atoms. The maximum atomic E-state index is 2.50. The molecule has 0 aliphatic heterocycles. The first kappa shape index (κ1) is 14.1. The summed E-state index contributed by atoms with van der Waals surface area (Å²) in [6.07, 6.45) is 13.8. The van der Waals surface area contributed by atoms with E-state index < -0.39 is 0 Å². The van der Waals surface area contributed by atoms with Gasteiger partial charge in [-0.2, -0.15) is 0 Å². The van der Waals surface area contributed by atoms with Gasteiger partial charge in [0.05, 0.1) is 0 Å². The van der Waals surface area contributed by atoms with E-state index in [1.807, 2.05) is 0 Å². The zero-order valence-corrected chi connectivity index (χ0v) is 11.9. The van der Waals surface area contributed by atoms with E-state index in [9.17, 15) is 0 Å². The van der Waals surface area contributed by atoms with Crippen LogP contribution in [0.5, 0.6) is 0 Å². The summed E-state index contributed by atoms with van der Waals surface area (Å²) in [5, 5.41) is 0. The van der Waals surface area contributed by atoms with E-state index in [1.54, 1.807) is 0 Å². The number of hydrogen-bond donors (Lipinski definition) is 0. The molecule has 0 heteroatoms. The second-order valence-electron chi connectivity index (χ2n) is 6.18. The molecule has 0 aromatic rings. The van der Waals surface area contributed by atoms with Crippen LogP contribution in [0.15, 0.2) is 0 Å². The van der Waals surface area contributed by atoms with Crippen molar-refractivity contribution >= 4 is 0 Å². The molecule has 0 aromatic heterocycles. The van der Waals surface area contributed by atoms with E-state index in [0.29, 0.717) is 5.41 Å². The van der Waals surface area contributed by atoms with Gasteiger partial charge in [0.1, 0.15) is 0 Å². The molecule has 1 radical (unpaired) electrons. The zero-order valence-electron chi connectivity index (χ0n) is 11.9. The summed E-state index contributed by atoms with van der Waals surface area (Å²) in [5.41, 5.74) is 0.701. The second kappa shape index (κ2) is 6.67. The second-order valence-corrected chi connectivity index (χ2v) is 6.18. The summed E-state index contributed by atoms with van der Waals surface area (Å²) in [5.74, 6) is 1.81. The van der Waals surface area contributed by atoms with Crippen LogP contribution in [0, 0.1) is 23.7 Å². The third-order valence-corrected chi connectivity index (χ3v) is 4.91. The van der Waals surface area contributed by atoms with Crippen LogP contribution in [0.4, 0.5) is 0 Å². The van der Waals surface area contributed by atoms with Crippen LogP contribution in [0.25, 0.3) is 0 Å². The molecule has 95 valence electrons. The van der Waals surface area contributed by atoms with Crippen molar-refractivity contribution in [1.29, 1.82) is 0 Å². The van der Waals surface area contributed by atoms with Crippen LogP contribution in [-0.2, 0) is 0 Å². The van der Waals surface area contributed by atoms with Crippen molar-refractivity contribution in [3.63, 3.8) is 0 Å². The lowest BCUT2D eigenvalue weighted by Crippen LogP contribution is -2.28. The minimum atomic E-state index is 0.701. The summed E-state index contributed by atoms with van der Waals surface area (Å²) in [7, 11) is 0. The Labute approximate surface area is 103 Å². The van der Waals surface area contributed by atoms with Crippen molar-refractivity contribution in [2.75, 3.05) is 0 Å². The van der Waals surface area contributed by atoms with Gasteiger partial charge in [-0.1, -0.05) is 40.5 Å². The number of hydrogen-bond acceptors (Lipinski definition) is 0. The van der Waals surface area contributed by atoms with Gasteiger partial charge in [0.15, 0.2) is 0 Å². The maximum absolute atomic E-state index is 2.50. The average molecular weight is 223 g/mol. The Morgan fingerprint density at radius 1 is 1.06 bits per heavy atom. The Morgan fingerprint density at radius 3 is 2.19 bits per heavy atom.